The number of β-lactam (4-membered cyclic amide) rings is 1. The van der Waals surface area contributed by atoms with Crippen LogP contribution in [-0.4, -0.2) is 80.0 Å². The topological polar surface area (TPSA) is 191 Å². The number of nitrogens with one attached hydrogen (secondary N) is 3. The molecule has 14 heteroatoms. The van der Waals surface area contributed by atoms with Crippen molar-refractivity contribution >= 4 is 41.4 Å². The molecule has 2 heterocycles. The predicted octanol–water partition coefficient (Wildman–Crippen LogP) is -4.24. The molecular weight excluding hydrogens is 505 g/mol. The molecule has 0 radical (unpaired) electrons. The first-order chi connectivity index (χ1) is 15.9. The van der Waals surface area contributed by atoms with Gasteiger partial charge in [-0.15, -0.1) is 11.8 Å². The predicted molar refractivity (Wildman–Crippen MR) is 122 cm³/mol. The molecule has 2 aliphatic rings. The molecule has 1 aromatic rings. The van der Waals surface area contributed by atoms with Gasteiger partial charge in [-0.1, -0.05) is 12.1 Å². The normalized spacial score (nSPS) is 23.6. The number of nitrogens with two attached hydrogens (primary N) is 1. The second kappa shape index (κ2) is 11.6. The maximum absolute atomic E-state index is 13.2. The number of carboxylic acids is 1. The summed E-state index contributed by atoms with van der Waals surface area (Å²) < 4.78 is -0.761. The van der Waals surface area contributed by atoms with Gasteiger partial charge in [-0.3, -0.25) is 19.2 Å². The number of thioether (sulfide) groups is 1. The van der Waals surface area contributed by atoms with Gasteiger partial charge in [-0.05, 0) is 31.5 Å². The Kier molecular flexibility index (Phi) is 9.78. The number of aliphatic carboxylic acids is 1. The molecular formula is C21H28KN5O7S. The molecule has 12 nitrogen and oxygen atoms in total. The molecule has 3 rings (SSSR count). The Morgan fingerprint density at radius 1 is 1.20 bits per heavy atom. The molecule has 7 N–H and O–H groups in total. The fraction of sp³-hybridized carbons (Fsp3) is 0.476. The van der Waals surface area contributed by atoms with Crippen LogP contribution in [-0.2, 0) is 24.0 Å². The minimum Gasteiger partial charge on any atom is -1.00 e. The maximum atomic E-state index is 13.2. The number of nitrogens with zero attached hydrogens (tertiary/aromatic N) is 1. The van der Waals surface area contributed by atoms with E-state index in [0.29, 0.717) is 5.56 Å². The van der Waals surface area contributed by atoms with E-state index in [1.165, 1.54) is 48.0 Å². The zero-order valence-electron chi connectivity index (χ0n) is 20.8. The van der Waals surface area contributed by atoms with Crippen LogP contribution in [0.5, 0.6) is 5.75 Å². The quantitative estimate of drug-likeness (QED) is 0.142. The first-order valence-corrected chi connectivity index (χ1v) is 11.3. The molecule has 4 amide bonds. The van der Waals surface area contributed by atoms with Gasteiger partial charge in [0, 0.05) is 11.8 Å². The molecule has 0 aliphatic carbocycles. The summed E-state index contributed by atoms with van der Waals surface area (Å²) in [6.07, 6.45) is -0.299. The summed E-state index contributed by atoms with van der Waals surface area (Å²) in [5.74, 6) is -3.66. The summed E-state index contributed by atoms with van der Waals surface area (Å²) in [6, 6.07) is 0.997. The third kappa shape index (κ3) is 6.18. The Hall–Kier alpha value is -1.68. The smallest absolute Gasteiger partial charge is 1.00 e. The molecule has 2 saturated heterocycles. The van der Waals surface area contributed by atoms with E-state index >= 15 is 0 Å². The number of carboxylic acid groups (broad SMARTS) is 1. The first-order valence-electron chi connectivity index (χ1n) is 10.5. The molecule has 0 spiro atoms. The number of rotatable bonds is 8. The second-order valence-corrected chi connectivity index (χ2v) is 10.4. The van der Waals surface area contributed by atoms with Gasteiger partial charge in [-0.25, -0.2) is 4.79 Å². The number of hydrogen-bond donors (Lipinski definition) is 6. The van der Waals surface area contributed by atoms with E-state index in [9.17, 15) is 34.2 Å². The molecule has 0 aromatic heterocycles. The van der Waals surface area contributed by atoms with Crippen LogP contribution in [0.15, 0.2) is 24.3 Å². The molecule has 0 unspecified atom stereocenters. The monoisotopic (exact) mass is 533 g/mol. The van der Waals surface area contributed by atoms with Crippen molar-refractivity contribution in [2.75, 3.05) is 7.05 Å². The minimum atomic E-state index is -1.28. The Morgan fingerprint density at radius 3 is 2.34 bits per heavy atom. The fourth-order valence-electron chi connectivity index (χ4n) is 3.99. The van der Waals surface area contributed by atoms with E-state index in [0.717, 1.165) is 0 Å². The van der Waals surface area contributed by atoms with Crippen molar-refractivity contribution in [1.82, 2.24) is 20.9 Å². The summed E-state index contributed by atoms with van der Waals surface area (Å²) in [5.41, 5.74) is 6.09. The number of amides is 4. The van der Waals surface area contributed by atoms with Gasteiger partial charge < -0.3 is 38.2 Å². The number of carbonyl (C=O) groups is 5. The molecule has 2 aliphatic heterocycles. The van der Waals surface area contributed by atoms with Crippen molar-refractivity contribution in [3.63, 3.8) is 0 Å². The van der Waals surface area contributed by atoms with Crippen molar-refractivity contribution in [3.8, 4) is 5.75 Å². The van der Waals surface area contributed by atoms with E-state index in [1.807, 2.05) is 0 Å². The van der Waals surface area contributed by atoms with Gasteiger partial charge >= 0.3 is 57.4 Å². The Balaban J connectivity index is 0.00000324. The van der Waals surface area contributed by atoms with Gasteiger partial charge in [0.2, 0.25) is 23.6 Å². The number of phenols is 1. The van der Waals surface area contributed by atoms with Crippen molar-refractivity contribution in [1.29, 1.82) is 0 Å². The van der Waals surface area contributed by atoms with E-state index in [1.54, 1.807) is 13.8 Å². The second-order valence-electron chi connectivity index (χ2n) is 8.60. The van der Waals surface area contributed by atoms with Crippen molar-refractivity contribution < 1.29 is 87.0 Å². The summed E-state index contributed by atoms with van der Waals surface area (Å²) in [6.45, 7) is 3.43. The van der Waals surface area contributed by atoms with E-state index in [4.69, 9.17) is 5.73 Å². The summed E-state index contributed by atoms with van der Waals surface area (Å²) in [7, 11) is 1.40. The van der Waals surface area contributed by atoms with E-state index in [-0.39, 0.29) is 65.0 Å². The zero-order valence-corrected chi connectivity index (χ0v) is 23.7. The average Bonchev–Trinajstić information content (AvgIpc) is 3.03. The van der Waals surface area contributed by atoms with Crippen LogP contribution in [0, 0.1) is 0 Å². The number of benzene rings is 1. The molecule has 5 atom stereocenters. The van der Waals surface area contributed by atoms with Gasteiger partial charge in [0.1, 0.15) is 29.2 Å². The van der Waals surface area contributed by atoms with Crippen LogP contribution < -0.4 is 73.1 Å². The number of aromatic hydroxyl groups is 1. The average molecular weight is 534 g/mol. The first kappa shape index (κ1) is 29.5. The molecule has 186 valence electrons. The van der Waals surface area contributed by atoms with Crippen LogP contribution in [0.3, 0.4) is 0 Å². The number of fused-ring (bicyclic) bond motifs is 1. The largest absolute Gasteiger partial charge is 1.00 e. The number of carbonyl (C=O) groups excluding carboxylic acids is 4. The third-order valence-corrected chi connectivity index (χ3v) is 7.34. The van der Waals surface area contributed by atoms with Crippen LogP contribution in [0.2, 0.25) is 0 Å². The molecule has 35 heavy (non-hydrogen) atoms. The maximum Gasteiger partial charge on any atom is 1.00 e. The summed E-state index contributed by atoms with van der Waals surface area (Å²) in [4.78, 5) is 62.9. The molecule has 0 saturated carbocycles. The van der Waals surface area contributed by atoms with E-state index < -0.39 is 63.9 Å². The SMILES string of the molecule is CNC(=O)C[C@@H](N)C(=O)N[C@@H](C(=O)N[C@@H]1C(=O)N2[C@@H]1SC(C)(C)[C@@H]2C(=O)O)c1ccc(O)cc1.[H-].[K+]. The molecule has 1 aromatic carbocycles. The van der Waals surface area contributed by atoms with Crippen molar-refractivity contribution in [2.24, 2.45) is 5.73 Å². The standard InChI is InChI=1S/C21H27N5O7S.K.H/c1-21(2)15(20(32)33)26-18(31)14(19(26)34-21)25-17(30)13(9-4-6-10(27)7-5-9)24-16(29)11(22)8-12(28)23-3;;/h4-7,11,13-15,19,27H,8,22H2,1-3H3,(H,23,28)(H,24,29)(H,25,30)(H,32,33);;/q;+1;-1/t11-,13-,14-,15+,19-;;/m1../s1. The van der Waals surface area contributed by atoms with Crippen LogP contribution >= 0.6 is 11.8 Å². The fourth-order valence-corrected chi connectivity index (χ4v) is 5.62. The van der Waals surface area contributed by atoms with Crippen LogP contribution in [0.4, 0.5) is 0 Å². The third-order valence-electron chi connectivity index (χ3n) is 5.77. The Labute approximate surface area is 250 Å². The Bertz CT molecular complexity index is 1030. The Morgan fingerprint density at radius 2 is 1.80 bits per heavy atom. The van der Waals surface area contributed by atoms with Crippen LogP contribution in [0.25, 0.3) is 0 Å². The number of hydrogen-bond acceptors (Lipinski definition) is 8. The minimum absolute atomic E-state index is 0. The number of phenolic OH excluding ortho intramolecular Hbond substituents is 1. The van der Waals surface area contributed by atoms with Gasteiger partial charge in [0.05, 0.1) is 12.5 Å². The molecule has 2 fully saturated rings. The summed E-state index contributed by atoms with van der Waals surface area (Å²) in [5, 5.41) is 26.0. The van der Waals surface area contributed by atoms with Gasteiger partial charge in [-0.2, -0.15) is 0 Å². The van der Waals surface area contributed by atoms with E-state index in [2.05, 4.69) is 16.0 Å². The van der Waals surface area contributed by atoms with Gasteiger partial charge in [0.15, 0.2) is 0 Å². The summed E-state index contributed by atoms with van der Waals surface area (Å²) >= 11 is 1.27. The zero-order chi connectivity index (χ0) is 25.4. The van der Waals surface area contributed by atoms with Crippen molar-refractivity contribution in [3.05, 3.63) is 29.8 Å². The molecule has 0 bridgehead atoms. The van der Waals surface area contributed by atoms with Gasteiger partial charge in [0.25, 0.3) is 0 Å². The van der Waals surface area contributed by atoms with Crippen molar-refractivity contribution in [2.45, 2.75) is 54.6 Å². The van der Waals surface area contributed by atoms with Crippen LogP contribution in [0.1, 0.15) is 33.3 Å².